The average molecular weight is 399 g/mol. The van der Waals surface area contributed by atoms with Gasteiger partial charge in [0.2, 0.25) is 0 Å². The number of aromatic nitrogens is 2. The van der Waals surface area contributed by atoms with E-state index in [9.17, 15) is 0 Å². The Kier molecular flexibility index (Phi) is 3.61. The standard InChI is InChI=1S/C23H15BrN2/c24-18-11-12-21-20(15-18)23-22(10-5-13-25-23)26(21)19-9-4-8-17(14-19)16-6-2-1-3-7-16/h1-15H. The smallest absolute Gasteiger partial charge is 0.0963 e. The van der Waals surface area contributed by atoms with Crippen molar-refractivity contribution in [2.45, 2.75) is 0 Å². The minimum atomic E-state index is 1.02. The van der Waals surface area contributed by atoms with Gasteiger partial charge in [0.25, 0.3) is 0 Å². The fourth-order valence-corrected chi connectivity index (χ4v) is 3.90. The van der Waals surface area contributed by atoms with Gasteiger partial charge in [0.15, 0.2) is 0 Å². The first kappa shape index (κ1) is 15.4. The maximum absolute atomic E-state index is 4.64. The van der Waals surface area contributed by atoms with Crippen LogP contribution in [0, 0.1) is 0 Å². The van der Waals surface area contributed by atoms with Crippen LogP contribution >= 0.6 is 15.9 Å². The zero-order valence-electron chi connectivity index (χ0n) is 13.9. The second-order valence-electron chi connectivity index (χ2n) is 6.28. The molecule has 2 aromatic heterocycles. The average Bonchev–Trinajstić information content (AvgIpc) is 3.02. The Bertz CT molecular complexity index is 1240. The third kappa shape index (κ3) is 2.44. The summed E-state index contributed by atoms with van der Waals surface area (Å²) in [4.78, 5) is 4.64. The van der Waals surface area contributed by atoms with Crippen LogP contribution in [0.4, 0.5) is 0 Å². The van der Waals surface area contributed by atoms with Gasteiger partial charge in [0.1, 0.15) is 0 Å². The van der Waals surface area contributed by atoms with Crippen LogP contribution in [0.1, 0.15) is 0 Å². The van der Waals surface area contributed by atoms with Crippen molar-refractivity contribution in [3.8, 4) is 16.8 Å². The van der Waals surface area contributed by atoms with Crippen molar-refractivity contribution in [3.05, 3.63) is 95.6 Å². The zero-order valence-corrected chi connectivity index (χ0v) is 15.5. The summed E-state index contributed by atoms with van der Waals surface area (Å²) in [6, 6.07) is 29.6. The molecule has 0 radical (unpaired) electrons. The van der Waals surface area contributed by atoms with E-state index in [0.717, 1.165) is 32.1 Å². The van der Waals surface area contributed by atoms with E-state index in [4.69, 9.17) is 0 Å². The molecule has 0 saturated carbocycles. The highest BCUT2D eigenvalue weighted by atomic mass is 79.9. The molecule has 0 bridgehead atoms. The number of rotatable bonds is 2. The molecule has 0 aliphatic rings. The lowest BCUT2D eigenvalue weighted by Gasteiger charge is -2.10. The Labute approximate surface area is 159 Å². The van der Waals surface area contributed by atoms with Crippen LogP contribution < -0.4 is 0 Å². The van der Waals surface area contributed by atoms with Gasteiger partial charge in [-0.3, -0.25) is 4.98 Å². The Hall–Kier alpha value is -2.91. The number of benzene rings is 3. The molecular weight excluding hydrogens is 384 g/mol. The van der Waals surface area contributed by atoms with Crippen molar-refractivity contribution in [3.63, 3.8) is 0 Å². The summed E-state index contributed by atoms with van der Waals surface area (Å²) in [5, 5.41) is 1.15. The van der Waals surface area contributed by atoms with Crippen molar-refractivity contribution in [2.75, 3.05) is 0 Å². The summed E-state index contributed by atoms with van der Waals surface area (Å²) in [6.07, 6.45) is 1.85. The molecule has 0 aliphatic carbocycles. The van der Waals surface area contributed by atoms with E-state index in [2.05, 4.69) is 98.3 Å². The van der Waals surface area contributed by atoms with Gasteiger partial charge in [-0.2, -0.15) is 0 Å². The highest BCUT2D eigenvalue weighted by Crippen LogP contribution is 2.33. The lowest BCUT2D eigenvalue weighted by Crippen LogP contribution is -1.94. The highest BCUT2D eigenvalue weighted by Gasteiger charge is 2.13. The van der Waals surface area contributed by atoms with Crippen molar-refractivity contribution < 1.29 is 0 Å². The van der Waals surface area contributed by atoms with Crippen LogP contribution in [0.5, 0.6) is 0 Å². The fraction of sp³-hybridized carbons (Fsp3) is 0. The molecule has 3 heteroatoms. The summed E-state index contributed by atoms with van der Waals surface area (Å²) in [7, 11) is 0. The topological polar surface area (TPSA) is 17.8 Å². The molecule has 0 fully saturated rings. The molecule has 3 aromatic carbocycles. The van der Waals surface area contributed by atoms with Gasteiger partial charge in [-0.25, -0.2) is 0 Å². The normalized spacial score (nSPS) is 11.3. The van der Waals surface area contributed by atoms with Gasteiger partial charge in [0.05, 0.1) is 16.6 Å². The Balaban J connectivity index is 1.82. The zero-order chi connectivity index (χ0) is 17.5. The van der Waals surface area contributed by atoms with Crippen molar-refractivity contribution in [1.82, 2.24) is 9.55 Å². The van der Waals surface area contributed by atoms with Crippen LogP contribution in [0.3, 0.4) is 0 Å². The molecule has 2 heterocycles. The highest BCUT2D eigenvalue weighted by molar-refractivity contribution is 9.10. The van der Waals surface area contributed by atoms with Crippen molar-refractivity contribution in [1.29, 1.82) is 0 Å². The van der Waals surface area contributed by atoms with E-state index in [1.165, 1.54) is 11.1 Å². The van der Waals surface area contributed by atoms with E-state index < -0.39 is 0 Å². The Morgan fingerprint density at radius 2 is 1.54 bits per heavy atom. The molecule has 2 nitrogen and oxygen atoms in total. The fourth-order valence-electron chi connectivity index (χ4n) is 3.54. The van der Waals surface area contributed by atoms with E-state index in [-0.39, 0.29) is 0 Å². The summed E-state index contributed by atoms with van der Waals surface area (Å²) in [6.45, 7) is 0. The Morgan fingerprint density at radius 3 is 2.42 bits per heavy atom. The number of hydrogen-bond acceptors (Lipinski definition) is 1. The summed E-state index contributed by atoms with van der Waals surface area (Å²) < 4.78 is 3.35. The van der Waals surface area contributed by atoms with Crippen LogP contribution in [0.15, 0.2) is 95.6 Å². The Morgan fingerprint density at radius 1 is 0.692 bits per heavy atom. The third-order valence-electron chi connectivity index (χ3n) is 4.69. The largest absolute Gasteiger partial charge is 0.308 e. The number of halogens is 1. The van der Waals surface area contributed by atoms with Gasteiger partial charge in [-0.05, 0) is 53.6 Å². The van der Waals surface area contributed by atoms with Gasteiger partial charge >= 0.3 is 0 Å². The second kappa shape index (κ2) is 6.11. The van der Waals surface area contributed by atoms with Gasteiger partial charge in [-0.1, -0.05) is 58.4 Å². The number of hydrogen-bond donors (Lipinski definition) is 0. The van der Waals surface area contributed by atoms with Crippen molar-refractivity contribution in [2.24, 2.45) is 0 Å². The van der Waals surface area contributed by atoms with Crippen molar-refractivity contribution >= 4 is 37.9 Å². The van der Waals surface area contributed by atoms with Crippen LogP contribution in [-0.4, -0.2) is 9.55 Å². The van der Waals surface area contributed by atoms with Crippen LogP contribution in [0.2, 0.25) is 0 Å². The van der Waals surface area contributed by atoms with Gasteiger partial charge in [0, 0.05) is 21.7 Å². The molecule has 26 heavy (non-hydrogen) atoms. The lowest BCUT2D eigenvalue weighted by molar-refractivity contribution is 1.18. The minimum absolute atomic E-state index is 1.02. The molecule has 0 saturated heterocycles. The molecule has 0 amide bonds. The maximum Gasteiger partial charge on any atom is 0.0963 e. The quantitative estimate of drug-likeness (QED) is 0.327. The summed E-state index contributed by atoms with van der Waals surface area (Å²) in [5.74, 6) is 0. The molecule has 124 valence electrons. The van der Waals surface area contributed by atoms with E-state index in [0.29, 0.717) is 0 Å². The predicted octanol–water partition coefficient (Wildman–Crippen LogP) is 6.61. The first-order valence-corrected chi connectivity index (χ1v) is 9.31. The van der Waals surface area contributed by atoms with E-state index >= 15 is 0 Å². The molecule has 5 rings (SSSR count). The maximum atomic E-state index is 4.64. The molecular formula is C23H15BrN2. The lowest BCUT2D eigenvalue weighted by atomic mass is 10.1. The number of fused-ring (bicyclic) bond motifs is 3. The number of nitrogens with zero attached hydrogens (tertiary/aromatic N) is 2. The first-order chi connectivity index (χ1) is 12.8. The molecule has 0 N–H and O–H groups in total. The molecule has 0 aliphatic heterocycles. The van der Waals surface area contributed by atoms with Gasteiger partial charge < -0.3 is 4.57 Å². The molecule has 5 aromatic rings. The van der Waals surface area contributed by atoms with Crippen LogP contribution in [0.25, 0.3) is 38.8 Å². The third-order valence-corrected chi connectivity index (χ3v) is 5.19. The summed E-state index contributed by atoms with van der Waals surface area (Å²) in [5.41, 5.74) is 6.86. The molecule has 0 unspecified atom stereocenters. The first-order valence-electron chi connectivity index (χ1n) is 8.52. The summed E-state index contributed by atoms with van der Waals surface area (Å²) >= 11 is 3.59. The number of pyridine rings is 1. The molecule has 0 spiro atoms. The monoisotopic (exact) mass is 398 g/mol. The van der Waals surface area contributed by atoms with Gasteiger partial charge in [-0.15, -0.1) is 0 Å². The molecule has 0 atom stereocenters. The van der Waals surface area contributed by atoms with E-state index in [1.807, 2.05) is 18.3 Å². The minimum Gasteiger partial charge on any atom is -0.308 e. The van der Waals surface area contributed by atoms with Crippen LogP contribution in [-0.2, 0) is 0 Å². The second-order valence-corrected chi connectivity index (χ2v) is 7.20. The SMILES string of the molecule is Brc1ccc2c(c1)c1ncccc1n2-c1cccc(-c2ccccc2)c1. The van der Waals surface area contributed by atoms with E-state index in [1.54, 1.807) is 0 Å². The predicted molar refractivity (Wildman–Crippen MR) is 112 cm³/mol.